The van der Waals surface area contributed by atoms with E-state index in [1.54, 1.807) is 6.20 Å². The van der Waals surface area contributed by atoms with Gasteiger partial charge in [-0.3, -0.25) is 9.48 Å². The van der Waals surface area contributed by atoms with E-state index in [0.29, 0.717) is 17.3 Å². The lowest BCUT2D eigenvalue weighted by Gasteiger charge is -2.06. The fourth-order valence-corrected chi connectivity index (χ4v) is 3.35. The third-order valence-electron chi connectivity index (χ3n) is 3.63. The Morgan fingerprint density at radius 3 is 3.14 bits per heavy atom. The molecule has 1 aromatic carbocycles. The Kier molecular flexibility index (Phi) is 3.36. The average molecular weight is 314 g/mol. The highest BCUT2D eigenvalue weighted by Crippen LogP contribution is 2.23. The van der Waals surface area contributed by atoms with Crippen LogP contribution in [-0.2, 0) is 4.74 Å². The topological polar surface area (TPSA) is 69.0 Å². The van der Waals surface area contributed by atoms with Gasteiger partial charge in [0.1, 0.15) is 0 Å². The normalized spacial score (nSPS) is 17.9. The molecule has 0 unspecified atom stereocenters. The lowest BCUT2D eigenvalue weighted by Crippen LogP contribution is -2.11. The monoisotopic (exact) mass is 314 g/mol. The molecule has 2 aromatic heterocycles. The number of anilines is 1. The number of para-hydroxylation sites is 1. The van der Waals surface area contributed by atoms with E-state index in [2.05, 4.69) is 15.4 Å². The average Bonchev–Trinajstić information content (AvgIpc) is 3.26. The summed E-state index contributed by atoms with van der Waals surface area (Å²) in [4.78, 5) is 16.6. The van der Waals surface area contributed by atoms with Crippen LogP contribution in [0.3, 0.4) is 0 Å². The molecule has 1 atom stereocenters. The number of hydrogen-bond acceptors (Lipinski definition) is 5. The standard InChI is InChI=1S/C15H14N4O2S/c20-14(15-18-12-3-1-2-4-13(12)22-15)17-10-7-16-19(8-10)11-5-6-21-9-11/h1-4,7-8,11H,5-6,9H2,(H,17,20)/t11-/m0/s1. The summed E-state index contributed by atoms with van der Waals surface area (Å²) >= 11 is 1.39. The van der Waals surface area contributed by atoms with E-state index in [4.69, 9.17) is 4.74 Å². The Morgan fingerprint density at radius 2 is 2.32 bits per heavy atom. The first kappa shape index (κ1) is 13.4. The number of carbonyl (C=O) groups is 1. The molecular formula is C15H14N4O2S. The van der Waals surface area contributed by atoms with E-state index < -0.39 is 0 Å². The Hall–Kier alpha value is -2.25. The van der Waals surface area contributed by atoms with Crippen LogP contribution in [0, 0.1) is 0 Å². The molecule has 0 radical (unpaired) electrons. The van der Waals surface area contributed by atoms with Crippen LogP contribution in [-0.4, -0.2) is 33.9 Å². The molecule has 112 valence electrons. The van der Waals surface area contributed by atoms with Gasteiger partial charge in [0.05, 0.1) is 34.7 Å². The summed E-state index contributed by atoms with van der Waals surface area (Å²) in [6.07, 6.45) is 4.45. The molecule has 4 rings (SSSR count). The Labute approximate surface area is 130 Å². The van der Waals surface area contributed by atoms with Crippen LogP contribution in [0.2, 0.25) is 0 Å². The number of carbonyl (C=O) groups excluding carboxylic acids is 1. The molecule has 1 saturated heterocycles. The van der Waals surface area contributed by atoms with Crippen LogP contribution >= 0.6 is 11.3 Å². The van der Waals surface area contributed by atoms with Gasteiger partial charge in [-0.15, -0.1) is 11.3 Å². The summed E-state index contributed by atoms with van der Waals surface area (Å²) in [6.45, 7) is 1.44. The van der Waals surface area contributed by atoms with Crippen LogP contribution in [0.25, 0.3) is 10.2 Å². The summed E-state index contributed by atoms with van der Waals surface area (Å²) in [5, 5.41) is 7.60. The van der Waals surface area contributed by atoms with E-state index in [9.17, 15) is 4.79 Å². The van der Waals surface area contributed by atoms with Crippen molar-refractivity contribution in [1.82, 2.24) is 14.8 Å². The summed E-state index contributed by atoms with van der Waals surface area (Å²) in [7, 11) is 0. The zero-order chi connectivity index (χ0) is 14.9. The highest BCUT2D eigenvalue weighted by Gasteiger charge is 2.19. The maximum atomic E-state index is 12.3. The van der Waals surface area contributed by atoms with Gasteiger partial charge in [-0.2, -0.15) is 5.10 Å². The first-order valence-corrected chi connectivity index (χ1v) is 7.90. The maximum absolute atomic E-state index is 12.3. The SMILES string of the molecule is O=C(Nc1cnn([C@H]2CCOC2)c1)c1nc2ccccc2s1. The lowest BCUT2D eigenvalue weighted by atomic mass is 10.3. The first-order valence-electron chi connectivity index (χ1n) is 7.08. The van der Waals surface area contributed by atoms with Gasteiger partial charge < -0.3 is 10.1 Å². The van der Waals surface area contributed by atoms with E-state index in [1.807, 2.05) is 35.1 Å². The van der Waals surface area contributed by atoms with Gasteiger partial charge in [0, 0.05) is 12.8 Å². The highest BCUT2D eigenvalue weighted by molar-refractivity contribution is 7.20. The summed E-state index contributed by atoms with van der Waals surface area (Å²) < 4.78 is 8.20. The van der Waals surface area contributed by atoms with Gasteiger partial charge in [-0.25, -0.2) is 4.98 Å². The highest BCUT2D eigenvalue weighted by atomic mass is 32.1. The van der Waals surface area contributed by atoms with Gasteiger partial charge >= 0.3 is 0 Å². The number of thiazole rings is 1. The van der Waals surface area contributed by atoms with Crippen LogP contribution in [0.1, 0.15) is 22.3 Å². The van der Waals surface area contributed by atoms with Crippen molar-refractivity contribution in [2.75, 3.05) is 18.5 Å². The minimum Gasteiger partial charge on any atom is -0.379 e. The van der Waals surface area contributed by atoms with Crippen molar-refractivity contribution in [3.63, 3.8) is 0 Å². The number of amides is 1. The predicted octanol–water partition coefficient (Wildman–Crippen LogP) is 2.71. The third kappa shape index (κ3) is 2.49. The number of benzene rings is 1. The van der Waals surface area contributed by atoms with Gasteiger partial charge in [-0.1, -0.05) is 12.1 Å². The zero-order valence-electron chi connectivity index (χ0n) is 11.7. The van der Waals surface area contributed by atoms with Crippen molar-refractivity contribution in [2.45, 2.75) is 12.5 Å². The second-order valence-electron chi connectivity index (χ2n) is 5.17. The zero-order valence-corrected chi connectivity index (χ0v) is 12.5. The minimum absolute atomic E-state index is 0.205. The molecule has 3 heterocycles. The molecule has 0 aliphatic carbocycles. The molecule has 1 amide bonds. The second-order valence-corrected chi connectivity index (χ2v) is 6.20. The van der Waals surface area contributed by atoms with E-state index in [1.165, 1.54) is 11.3 Å². The fraction of sp³-hybridized carbons (Fsp3) is 0.267. The number of nitrogens with zero attached hydrogens (tertiary/aromatic N) is 3. The minimum atomic E-state index is -0.205. The number of fused-ring (bicyclic) bond motifs is 1. The molecule has 7 heteroatoms. The molecular weight excluding hydrogens is 300 g/mol. The number of aromatic nitrogens is 3. The van der Waals surface area contributed by atoms with Crippen LogP contribution in [0.5, 0.6) is 0 Å². The molecule has 6 nitrogen and oxygen atoms in total. The summed E-state index contributed by atoms with van der Waals surface area (Å²) in [5.41, 5.74) is 1.52. The molecule has 1 aliphatic rings. The Morgan fingerprint density at radius 1 is 1.41 bits per heavy atom. The van der Waals surface area contributed by atoms with Crippen LogP contribution < -0.4 is 5.32 Å². The van der Waals surface area contributed by atoms with E-state index in [0.717, 1.165) is 23.2 Å². The molecule has 1 N–H and O–H groups in total. The Balaban J connectivity index is 1.51. The van der Waals surface area contributed by atoms with Gasteiger partial charge in [0.15, 0.2) is 5.01 Å². The quantitative estimate of drug-likeness (QED) is 0.807. The maximum Gasteiger partial charge on any atom is 0.284 e. The van der Waals surface area contributed by atoms with Crippen molar-refractivity contribution < 1.29 is 9.53 Å². The predicted molar refractivity (Wildman–Crippen MR) is 84.3 cm³/mol. The summed E-state index contributed by atoms with van der Waals surface area (Å²) in [6, 6.07) is 7.98. The van der Waals surface area contributed by atoms with Gasteiger partial charge in [0.25, 0.3) is 5.91 Å². The number of nitrogens with one attached hydrogen (secondary N) is 1. The largest absolute Gasteiger partial charge is 0.379 e. The van der Waals surface area contributed by atoms with Gasteiger partial charge in [0.2, 0.25) is 0 Å². The van der Waals surface area contributed by atoms with Crippen molar-refractivity contribution in [3.05, 3.63) is 41.7 Å². The third-order valence-corrected chi connectivity index (χ3v) is 4.66. The molecule has 0 saturated carbocycles. The van der Waals surface area contributed by atoms with Crippen LogP contribution in [0.4, 0.5) is 5.69 Å². The lowest BCUT2D eigenvalue weighted by molar-refractivity contribution is 0.102. The molecule has 22 heavy (non-hydrogen) atoms. The van der Waals surface area contributed by atoms with Crippen LogP contribution in [0.15, 0.2) is 36.7 Å². The molecule has 0 spiro atoms. The molecule has 0 bridgehead atoms. The number of ether oxygens (including phenoxy) is 1. The fourth-order valence-electron chi connectivity index (χ4n) is 2.49. The van der Waals surface area contributed by atoms with Crippen molar-refractivity contribution in [1.29, 1.82) is 0 Å². The summed E-state index contributed by atoms with van der Waals surface area (Å²) in [5.74, 6) is -0.205. The van der Waals surface area contributed by atoms with Crippen molar-refractivity contribution in [2.24, 2.45) is 0 Å². The smallest absolute Gasteiger partial charge is 0.284 e. The second kappa shape index (κ2) is 5.51. The van der Waals surface area contributed by atoms with Crippen molar-refractivity contribution in [3.8, 4) is 0 Å². The first-order chi connectivity index (χ1) is 10.8. The van der Waals surface area contributed by atoms with Gasteiger partial charge in [-0.05, 0) is 18.6 Å². The van der Waals surface area contributed by atoms with E-state index in [-0.39, 0.29) is 11.9 Å². The molecule has 1 aliphatic heterocycles. The molecule has 3 aromatic rings. The number of rotatable bonds is 3. The molecule has 1 fully saturated rings. The number of hydrogen-bond donors (Lipinski definition) is 1. The van der Waals surface area contributed by atoms with Crippen molar-refractivity contribution >= 4 is 33.1 Å². The van der Waals surface area contributed by atoms with E-state index >= 15 is 0 Å². The Bertz CT molecular complexity index is 787.